The van der Waals surface area contributed by atoms with Gasteiger partial charge < -0.3 is 4.74 Å². The number of sulfonamides is 1. The third kappa shape index (κ3) is 4.40. The zero-order valence-corrected chi connectivity index (χ0v) is 12.0. The molecule has 1 aromatic rings. The van der Waals surface area contributed by atoms with Gasteiger partial charge in [-0.1, -0.05) is 17.7 Å². The molecule has 0 aliphatic rings. The Morgan fingerprint density at radius 2 is 1.94 bits per heavy atom. The first-order valence-electron chi connectivity index (χ1n) is 6.03. The van der Waals surface area contributed by atoms with Crippen molar-refractivity contribution in [2.45, 2.75) is 31.6 Å². The first kappa shape index (κ1) is 15.1. The Labute approximate surface area is 109 Å². The molecule has 0 fully saturated rings. The Bertz CT molecular complexity index is 483. The summed E-state index contributed by atoms with van der Waals surface area (Å²) >= 11 is 0. The molecule has 0 bridgehead atoms. The lowest BCUT2D eigenvalue weighted by Crippen LogP contribution is -2.25. The van der Waals surface area contributed by atoms with Gasteiger partial charge in [-0.3, -0.25) is 0 Å². The zero-order chi connectivity index (χ0) is 13.6. The van der Waals surface area contributed by atoms with Gasteiger partial charge in [0.15, 0.2) is 0 Å². The van der Waals surface area contributed by atoms with Crippen LogP contribution in [0.3, 0.4) is 0 Å². The smallest absolute Gasteiger partial charge is 0.240 e. The molecule has 0 aliphatic carbocycles. The SMILES string of the molecule is COCCCCNS(=O)(=O)c1ccc(C)cc1C. The van der Waals surface area contributed by atoms with Gasteiger partial charge in [-0.25, -0.2) is 13.1 Å². The number of benzene rings is 1. The Hall–Kier alpha value is -0.910. The molecule has 0 atom stereocenters. The first-order valence-corrected chi connectivity index (χ1v) is 7.51. The molecule has 102 valence electrons. The van der Waals surface area contributed by atoms with Crippen LogP contribution < -0.4 is 4.72 Å². The fraction of sp³-hybridized carbons (Fsp3) is 0.538. The number of rotatable bonds is 7. The lowest BCUT2D eigenvalue weighted by molar-refractivity contribution is 0.193. The van der Waals surface area contributed by atoms with Crippen molar-refractivity contribution >= 4 is 10.0 Å². The highest BCUT2D eigenvalue weighted by Crippen LogP contribution is 2.16. The number of hydrogen-bond donors (Lipinski definition) is 1. The zero-order valence-electron chi connectivity index (χ0n) is 11.2. The second-order valence-corrected chi connectivity index (χ2v) is 6.10. The Balaban J connectivity index is 2.63. The van der Waals surface area contributed by atoms with E-state index in [0.29, 0.717) is 18.0 Å². The maximum absolute atomic E-state index is 12.1. The molecule has 0 heterocycles. The minimum atomic E-state index is -3.39. The molecule has 1 N–H and O–H groups in total. The number of aryl methyl sites for hydroxylation is 2. The van der Waals surface area contributed by atoms with Crippen LogP contribution in [0, 0.1) is 13.8 Å². The van der Waals surface area contributed by atoms with E-state index in [1.54, 1.807) is 13.2 Å². The molecular weight excluding hydrogens is 250 g/mol. The van der Waals surface area contributed by atoms with E-state index in [-0.39, 0.29) is 0 Å². The third-order valence-electron chi connectivity index (χ3n) is 2.69. The predicted octanol–water partition coefficient (Wildman–Crippen LogP) is 2.01. The van der Waals surface area contributed by atoms with E-state index in [0.717, 1.165) is 24.0 Å². The Kier molecular flexibility index (Phi) is 5.78. The topological polar surface area (TPSA) is 55.4 Å². The fourth-order valence-corrected chi connectivity index (χ4v) is 3.06. The number of methoxy groups -OCH3 is 1. The van der Waals surface area contributed by atoms with Crippen LogP contribution in [0.4, 0.5) is 0 Å². The fourth-order valence-electron chi connectivity index (χ4n) is 1.76. The number of ether oxygens (including phenoxy) is 1. The molecule has 4 nitrogen and oxygen atoms in total. The molecule has 0 unspecified atom stereocenters. The van der Waals surface area contributed by atoms with Gasteiger partial charge in [0.1, 0.15) is 0 Å². The first-order chi connectivity index (χ1) is 8.47. The summed E-state index contributed by atoms with van der Waals surface area (Å²) in [7, 11) is -1.75. The average molecular weight is 271 g/mol. The van der Waals surface area contributed by atoms with Gasteiger partial charge in [0.25, 0.3) is 0 Å². The summed E-state index contributed by atoms with van der Waals surface area (Å²) in [6.45, 7) is 4.86. The molecule has 18 heavy (non-hydrogen) atoms. The summed E-state index contributed by atoms with van der Waals surface area (Å²) in [4.78, 5) is 0.361. The maximum atomic E-state index is 12.1. The minimum absolute atomic E-state index is 0.361. The molecule has 0 radical (unpaired) electrons. The highest BCUT2D eigenvalue weighted by molar-refractivity contribution is 7.89. The van der Waals surface area contributed by atoms with Crippen molar-refractivity contribution in [1.29, 1.82) is 0 Å². The normalized spacial score (nSPS) is 11.7. The van der Waals surface area contributed by atoms with E-state index in [1.807, 2.05) is 26.0 Å². The van der Waals surface area contributed by atoms with Crippen molar-refractivity contribution in [2.75, 3.05) is 20.3 Å². The van der Waals surface area contributed by atoms with Crippen molar-refractivity contribution in [1.82, 2.24) is 4.72 Å². The molecule has 0 spiro atoms. The number of unbranched alkanes of at least 4 members (excludes halogenated alkanes) is 1. The summed E-state index contributed by atoms with van der Waals surface area (Å²) < 4.78 is 31.6. The van der Waals surface area contributed by atoms with Crippen LogP contribution in [0.15, 0.2) is 23.1 Å². The molecule has 0 aromatic heterocycles. The van der Waals surface area contributed by atoms with Gasteiger partial charge in [0, 0.05) is 20.3 Å². The number of nitrogens with one attached hydrogen (secondary N) is 1. The van der Waals surface area contributed by atoms with Gasteiger partial charge in [0.05, 0.1) is 4.90 Å². The van der Waals surface area contributed by atoms with Gasteiger partial charge >= 0.3 is 0 Å². The maximum Gasteiger partial charge on any atom is 0.240 e. The average Bonchev–Trinajstić information content (AvgIpc) is 2.28. The van der Waals surface area contributed by atoms with E-state index in [9.17, 15) is 8.42 Å². The summed E-state index contributed by atoms with van der Waals surface area (Å²) in [6, 6.07) is 5.34. The molecule has 0 aliphatic heterocycles. The van der Waals surface area contributed by atoms with Crippen molar-refractivity contribution in [2.24, 2.45) is 0 Å². The van der Waals surface area contributed by atoms with E-state index in [4.69, 9.17) is 4.74 Å². The van der Waals surface area contributed by atoms with Gasteiger partial charge in [-0.2, -0.15) is 0 Å². The second-order valence-electron chi connectivity index (χ2n) is 4.37. The van der Waals surface area contributed by atoms with Crippen LogP contribution >= 0.6 is 0 Å². The van der Waals surface area contributed by atoms with Crippen LogP contribution in [0.5, 0.6) is 0 Å². The van der Waals surface area contributed by atoms with Gasteiger partial charge in [-0.15, -0.1) is 0 Å². The summed E-state index contributed by atoms with van der Waals surface area (Å²) in [6.07, 6.45) is 1.63. The quantitative estimate of drug-likeness (QED) is 0.772. The highest BCUT2D eigenvalue weighted by Gasteiger charge is 2.15. The van der Waals surface area contributed by atoms with Crippen molar-refractivity contribution in [3.8, 4) is 0 Å². The lowest BCUT2D eigenvalue weighted by Gasteiger charge is -2.09. The van der Waals surface area contributed by atoms with E-state index in [1.165, 1.54) is 0 Å². The minimum Gasteiger partial charge on any atom is -0.385 e. The highest BCUT2D eigenvalue weighted by atomic mass is 32.2. The van der Waals surface area contributed by atoms with E-state index in [2.05, 4.69) is 4.72 Å². The second kappa shape index (κ2) is 6.87. The molecule has 1 aromatic carbocycles. The summed E-state index contributed by atoms with van der Waals surface area (Å²) in [5.74, 6) is 0. The lowest BCUT2D eigenvalue weighted by atomic mass is 10.2. The van der Waals surface area contributed by atoms with E-state index >= 15 is 0 Å². The third-order valence-corrected chi connectivity index (χ3v) is 4.31. The molecular formula is C13H21NO3S. The molecule has 5 heteroatoms. The number of hydrogen-bond acceptors (Lipinski definition) is 3. The molecule has 1 rings (SSSR count). The Morgan fingerprint density at radius 1 is 1.22 bits per heavy atom. The Morgan fingerprint density at radius 3 is 2.56 bits per heavy atom. The standard InChI is InChI=1S/C13H21NO3S/c1-11-6-7-13(12(2)10-11)18(15,16)14-8-4-5-9-17-3/h6-7,10,14H,4-5,8-9H2,1-3H3. The summed E-state index contributed by atoms with van der Waals surface area (Å²) in [5.41, 5.74) is 1.84. The molecule has 0 saturated heterocycles. The predicted molar refractivity (Wildman–Crippen MR) is 72.2 cm³/mol. The van der Waals surface area contributed by atoms with Crippen molar-refractivity contribution in [3.05, 3.63) is 29.3 Å². The van der Waals surface area contributed by atoms with Crippen molar-refractivity contribution in [3.63, 3.8) is 0 Å². The molecule has 0 saturated carbocycles. The van der Waals surface area contributed by atoms with Gasteiger partial charge in [0.2, 0.25) is 10.0 Å². The van der Waals surface area contributed by atoms with Crippen LogP contribution in [0.25, 0.3) is 0 Å². The van der Waals surface area contributed by atoms with Crippen LogP contribution in [-0.2, 0) is 14.8 Å². The van der Waals surface area contributed by atoms with Crippen molar-refractivity contribution < 1.29 is 13.2 Å². The van der Waals surface area contributed by atoms with Crippen LogP contribution in [0.1, 0.15) is 24.0 Å². The van der Waals surface area contributed by atoms with Crippen LogP contribution in [0.2, 0.25) is 0 Å². The van der Waals surface area contributed by atoms with Gasteiger partial charge in [-0.05, 0) is 38.3 Å². The van der Waals surface area contributed by atoms with E-state index < -0.39 is 10.0 Å². The molecule has 0 amide bonds. The monoisotopic (exact) mass is 271 g/mol. The largest absolute Gasteiger partial charge is 0.385 e. The van der Waals surface area contributed by atoms with Crippen LogP contribution in [-0.4, -0.2) is 28.7 Å². The summed E-state index contributed by atoms with van der Waals surface area (Å²) in [5, 5.41) is 0.